The fourth-order valence-corrected chi connectivity index (χ4v) is 4.38. The molecule has 1 atom stereocenters. The third-order valence-electron chi connectivity index (χ3n) is 6.09. The van der Waals surface area contributed by atoms with E-state index < -0.39 is 5.41 Å². The molecule has 6 heteroatoms. The summed E-state index contributed by atoms with van der Waals surface area (Å²) in [7, 11) is 0. The molecule has 3 amide bonds. The van der Waals surface area contributed by atoms with E-state index in [9.17, 15) is 14.0 Å². The van der Waals surface area contributed by atoms with Gasteiger partial charge in [-0.3, -0.25) is 4.79 Å². The fraction of sp³-hybridized carbons (Fsp3) is 0.391. The van der Waals surface area contributed by atoms with Gasteiger partial charge in [0, 0.05) is 32.7 Å². The molecule has 152 valence electrons. The molecule has 1 spiro atoms. The number of carbonyl (C=O) groups is 2. The first-order valence-corrected chi connectivity index (χ1v) is 10.2. The van der Waals surface area contributed by atoms with Gasteiger partial charge in [-0.25, -0.2) is 9.18 Å². The standard InChI is InChI=1S/C23H26FN3O2/c24-20-8-4-7-19(15-20)16-25-22(29)27-14-11-23(17-27)10-13-26(21(23)28)12-9-18-5-2-1-3-6-18/h1-8,15H,9-14,16-17H2,(H,25,29). The summed E-state index contributed by atoms with van der Waals surface area (Å²) in [5, 5.41) is 2.84. The largest absolute Gasteiger partial charge is 0.342 e. The highest BCUT2D eigenvalue weighted by Gasteiger charge is 2.51. The lowest BCUT2D eigenvalue weighted by Crippen LogP contribution is -2.42. The number of hydrogen-bond acceptors (Lipinski definition) is 2. The van der Waals surface area contributed by atoms with Crippen LogP contribution in [0.5, 0.6) is 0 Å². The molecular formula is C23H26FN3O2. The predicted octanol–water partition coefficient (Wildman–Crippen LogP) is 3.20. The Hall–Kier alpha value is -2.89. The third-order valence-corrected chi connectivity index (χ3v) is 6.09. The van der Waals surface area contributed by atoms with Crippen LogP contribution < -0.4 is 5.32 Å². The topological polar surface area (TPSA) is 52.7 Å². The summed E-state index contributed by atoms with van der Waals surface area (Å²) in [6.07, 6.45) is 2.36. The van der Waals surface area contributed by atoms with Gasteiger partial charge < -0.3 is 15.1 Å². The molecule has 4 rings (SSSR count). The molecule has 0 radical (unpaired) electrons. The van der Waals surface area contributed by atoms with Gasteiger partial charge in [-0.15, -0.1) is 0 Å². The van der Waals surface area contributed by atoms with Gasteiger partial charge in [-0.2, -0.15) is 0 Å². The lowest BCUT2D eigenvalue weighted by Gasteiger charge is -2.24. The van der Waals surface area contributed by atoms with Crippen molar-refractivity contribution in [1.29, 1.82) is 0 Å². The van der Waals surface area contributed by atoms with Crippen molar-refractivity contribution in [2.24, 2.45) is 5.41 Å². The molecule has 0 aliphatic carbocycles. The summed E-state index contributed by atoms with van der Waals surface area (Å²) >= 11 is 0. The van der Waals surface area contributed by atoms with E-state index in [-0.39, 0.29) is 24.3 Å². The van der Waals surface area contributed by atoms with Crippen LogP contribution >= 0.6 is 0 Å². The van der Waals surface area contributed by atoms with E-state index in [2.05, 4.69) is 17.4 Å². The summed E-state index contributed by atoms with van der Waals surface area (Å²) in [5.74, 6) is -0.141. The van der Waals surface area contributed by atoms with Crippen LogP contribution in [-0.2, 0) is 17.8 Å². The summed E-state index contributed by atoms with van der Waals surface area (Å²) in [4.78, 5) is 29.3. The maximum Gasteiger partial charge on any atom is 0.317 e. The molecule has 2 aromatic rings. The highest BCUT2D eigenvalue weighted by molar-refractivity contribution is 5.87. The van der Waals surface area contributed by atoms with Crippen molar-refractivity contribution < 1.29 is 14.0 Å². The van der Waals surface area contributed by atoms with Gasteiger partial charge in [0.05, 0.1) is 5.41 Å². The zero-order valence-electron chi connectivity index (χ0n) is 16.4. The minimum absolute atomic E-state index is 0.175. The molecule has 2 heterocycles. The van der Waals surface area contributed by atoms with Crippen LogP contribution in [0.4, 0.5) is 9.18 Å². The lowest BCUT2D eigenvalue weighted by molar-refractivity contribution is -0.135. The van der Waals surface area contributed by atoms with Crippen LogP contribution in [0.1, 0.15) is 24.0 Å². The summed E-state index contributed by atoms with van der Waals surface area (Å²) in [5.41, 5.74) is 1.51. The molecule has 2 saturated heterocycles. The van der Waals surface area contributed by atoms with Gasteiger partial charge in [0.25, 0.3) is 0 Å². The first-order chi connectivity index (χ1) is 14.1. The van der Waals surface area contributed by atoms with E-state index in [4.69, 9.17) is 0 Å². The maximum absolute atomic E-state index is 13.3. The van der Waals surface area contributed by atoms with E-state index >= 15 is 0 Å². The molecule has 1 N–H and O–H groups in total. The number of hydrogen-bond donors (Lipinski definition) is 1. The fourth-order valence-electron chi connectivity index (χ4n) is 4.38. The number of rotatable bonds is 5. The quantitative estimate of drug-likeness (QED) is 0.845. The number of urea groups is 1. The summed E-state index contributed by atoms with van der Waals surface area (Å²) in [6.45, 7) is 2.79. The van der Waals surface area contributed by atoms with Crippen molar-refractivity contribution in [2.75, 3.05) is 26.2 Å². The van der Waals surface area contributed by atoms with E-state index in [1.165, 1.54) is 17.7 Å². The Morgan fingerprint density at radius 2 is 1.79 bits per heavy atom. The van der Waals surface area contributed by atoms with Gasteiger partial charge in [-0.1, -0.05) is 42.5 Å². The summed E-state index contributed by atoms with van der Waals surface area (Å²) in [6, 6.07) is 16.2. The Morgan fingerprint density at radius 1 is 1.03 bits per heavy atom. The van der Waals surface area contributed by atoms with Gasteiger partial charge in [0.2, 0.25) is 5.91 Å². The molecule has 29 heavy (non-hydrogen) atoms. The number of carbonyl (C=O) groups excluding carboxylic acids is 2. The van der Waals surface area contributed by atoms with Crippen LogP contribution in [0.2, 0.25) is 0 Å². The van der Waals surface area contributed by atoms with E-state index in [0.717, 1.165) is 31.5 Å². The Balaban J connectivity index is 1.30. The Morgan fingerprint density at radius 3 is 2.59 bits per heavy atom. The number of nitrogens with zero attached hydrogens (tertiary/aromatic N) is 2. The molecular weight excluding hydrogens is 369 g/mol. The van der Waals surface area contributed by atoms with Crippen LogP contribution in [0.25, 0.3) is 0 Å². The van der Waals surface area contributed by atoms with Crippen molar-refractivity contribution in [1.82, 2.24) is 15.1 Å². The van der Waals surface area contributed by atoms with Crippen LogP contribution in [0.3, 0.4) is 0 Å². The SMILES string of the molecule is O=C(NCc1cccc(F)c1)N1CCC2(CCN(CCc3ccccc3)C2=O)C1. The maximum atomic E-state index is 13.3. The Kier molecular flexibility index (Phi) is 5.51. The van der Waals surface area contributed by atoms with Crippen LogP contribution in [0, 0.1) is 11.2 Å². The average molecular weight is 395 g/mol. The molecule has 0 saturated carbocycles. The zero-order chi connectivity index (χ0) is 20.3. The zero-order valence-corrected chi connectivity index (χ0v) is 16.4. The minimum atomic E-state index is -0.438. The summed E-state index contributed by atoms with van der Waals surface area (Å²) < 4.78 is 13.3. The minimum Gasteiger partial charge on any atom is -0.342 e. The normalized spacial score (nSPS) is 21.2. The smallest absolute Gasteiger partial charge is 0.317 e. The van der Waals surface area contributed by atoms with Gasteiger partial charge in [0.1, 0.15) is 5.82 Å². The van der Waals surface area contributed by atoms with Gasteiger partial charge in [-0.05, 0) is 42.5 Å². The van der Waals surface area contributed by atoms with Crippen molar-refractivity contribution in [2.45, 2.75) is 25.8 Å². The molecule has 1 unspecified atom stereocenters. The first kappa shape index (κ1) is 19.4. The highest BCUT2D eigenvalue weighted by atomic mass is 19.1. The first-order valence-electron chi connectivity index (χ1n) is 10.2. The predicted molar refractivity (Wildman–Crippen MR) is 109 cm³/mol. The van der Waals surface area contributed by atoms with Crippen LogP contribution in [-0.4, -0.2) is 47.9 Å². The highest BCUT2D eigenvalue weighted by Crippen LogP contribution is 2.40. The van der Waals surface area contributed by atoms with Crippen molar-refractivity contribution in [3.63, 3.8) is 0 Å². The Bertz CT molecular complexity index is 889. The van der Waals surface area contributed by atoms with Crippen molar-refractivity contribution >= 4 is 11.9 Å². The van der Waals surface area contributed by atoms with Crippen molar-refractivity contribution in [3.05, 3.63) is 71.5 Å². The molecule has 2 aromatic carbocycles. The lowest BCUT2D eigenvalue weighted by atomic mass is 9.85. The number of nitrogens with one attached hydrogen (secondary N) is 1. The molecule has 2 aliphatic rings. The molecule has 2 fully saturated rings. The second-order valence-corrected chi connectivity index (χ2v) is 8.02. The monoisotopic (exact) mass is 395 g/mol. The molecule has 5 nitrogen and oxygen atoms in total. The van der Waals surface area contributed by atoms with Gasteiger partial charge in [0.15, 0.2) is 0 Å². The van der Waals surface area contributed by atoms with Crippen molar-refractivity contribution in [3.8, 4) is 0 Å². The van der Waals surface area contributed by atoms with Gasteiger partial charge >= 0.3 is 6.03 Å². The number of likely N-dealkylation sites (tertiary alicyclic amines) is 2. The molecule has 0 bridgehead atoms. The average Bonchev–Trinajstić information content (AvgIpc) is 3.30. The number of amides is 3. The number of halogens is 1. The number of benzene rings is 2. The van der Waals surface area contributed by atoms with E-state index in [1.807, 2.05) is 23.1 Å². The Labute approximate surface area is 170 Å². The second kappa shape index (κ2) is 8.23. The van der Waals surface area contributed by atoms with E-state index in [0.29, 0.717) is 19.5 Å². The second-order valence-electron chi connectivity index (χ2n) is 8.02. The van der Waals surface area contributed by atoms with E-state index in [1.54, 1.807) is 17.0 Å². The molecule has 2 aliphatic heterocycles. The third kappa shape index (κ3) is 4.26. The van der Waals surface area contributed by atoms with Crippen LogP contribution in [0.15, 0.2) is 54.6 Å². The molecule has 0 aromatic heterocycles.